The van der Waals surface area contributed by atoms with Crippen LogP contribution in [0.5, 0.6) is 0 Å². The zero-order valence-electron chi connectivity index (χ0n) is 33.8. The molecule has 6 fully saturated rings. The summed E-state index contributed by atoms with van der Waals surface area (Å²) in [4.78, 5) is 14.8. The van der Waals surface area contributed by atoms with Gasteiger partial charge in [0.2, 0.25) is 6.29 Å². The second kappa shape index (κ2) is 14.2. The van der Waals surface area contributed by atoms with E-state index in [-0.39, 0.29) is 40.1 Å². The number of hydrogen-bond donors (Lipinski definition) is 8. The summed E-state index contributed by atoms with van der Waals surface area (Å²) in [5.74, 6) is -0.0737. The molecule has 55 heavy (non-hydrogen) atoms. The smallest absolute Gasteiger partial charge is 0.315 e. The minimum atomic E-state index is -1.74. The van der Waals surface area contributed by atoms with E-state index >= 15 is 0 Å². The van der Waals surface area contributed by atoms with Crippen molar-refractivity contribution < 1.29 is 64.6 Å². The standard InChI is InChI=1S/C42H68O13/c1-21-28(45)30(47)32(49)34(53-21)52-19-24-29(46)31(48)33(50)35(54-24)55-36(51)42-16-14-37(2,3)18-23(42)22-8-9-26-38(4)12-11-27(44)39(5,20-43)25(38)10-13-41(26,7)40(22,6)15-17-42/h8,21,23-35,43-50H,9-20H2,1-7H3/t21-,23-,24+,25+,26+,27-,28-,29+,30+,31-,32+,33+,34-,35-,38-,39-,40+,41+,42-/m0/s1. The van der Waals surface area contributed by atoms with Crippen molar-refractivity contribution in [2.75, 3.05) is 13.2 Å². The van der Waals surface area contributed by atoms with Gasteiger partial charge in [0.25, 0.3) is 0 Å². The molecule has 4 saturated carbocycles. The lowest BCUT2D eigenvalue weighted by Gasteiger charge is -2.71. The van der Waals surface area contributed by atoms with Crippen molar-refractivity contribution in [2.24, 2.45) is 50.2 Å². The van der Waals surface area contributed by atoms with E-state index in [0.29, 0.717) is 25.2 Å². The van der Waals surface area contributed by atoms with Gasteiger partial charge in [-0.15, -0.1) is 0 Å². The molecule has 0 spiro atoms. The van der Waals surface area contributed by atoms with E-state index in [2.05, 4.69) is 47.6 Å². The summed E-state index contributed by atoms with van der Waals surface area (Å²) in [6.45, 7) is 14.8. The Hall–Kier alpha value is -1.23. The highest BCUT2D eigenvalue weighted by molar-refractivity contribution is 5.79. The first-order valence-corrected chi connectivity index (χ1v) is 20.8. The highest BCUT2D eigenvalue weighted by atomic mass is 16.7. The molecule has 13 heteroatoms. The molecule has 2 aliphatic heterocycles. The second-order valence-electron chi connectivity index (χ2n) is 20.5. The molecule has 19 atom stereocenters. The number of aliphatic hydroxyl groups is 8. The second-order valence-corrected chi connectivity index (χ2v) is 20.5. The van der Waals surface area contributed by atoms with Crippen molar-refractivity contribution in [1.82, 2.24) is 0 Å². The Morgan fingerprint density at radius 1 is 0.764 bits per heavy atom. The zero-order valence-corrected chi connectivity index (χ0v) is 33.8. The van der Waals surface area contributed by atoms with Crippen molar-refractivity contribution in [1.29, 1.82) is 0 Å². The number of carbonyl (C=O) groups is 1. The number of allylic oxidation sites excluding steroid dienone is 2. The van der Waals surface area contributed by atoms with Crippen molar-refractivity contribution in [2.45, 2.75) is 180 Å². The van der Waals surface area contributed by atoms with E-state index in [1.807, 2.05) is 0 Å². The maximum atomic E-state index is 14.8. The van der Waals surface area contributed by atoms with Crippen LogP contribution in [-0.2, 0) is 23.7 Å². The van der Waals surface area contributed by atoms with Crippen molar-refractivity contribution in [3.63, 3.8) is 0 Å². The first-order chi connectivity index (χ1) is 25.6. The Balaban J connectivity index is 1.14. The lowest BCUT2D eigenvalue weighted by atomic mass is 9.33. The molecule has 2 heterocycles. The summed E-state index contributed by atoms with van der Waals surface area (Å²) in [7, 11) is 0. The van der Waals surface area contributed by atoms with Crippen molar-refractivity contribution in [3.8, 4) is 0 Å². The van der Waals surface area contributed by atoms with E-state index in [1.165, 1.54) is 12.5 Å². The van der Waals surface area contributed by atoms with Crippen LogP contribution in [-0.4, -0.2) is 128 Å². The molecule has 5 aliphatic carbocycles. The maximum absolute atomic E-state index is 14.8. The summed E-state index contributed by atoms with van der Waals surface area (Å²) >= 11 is 0. The molecule has 7 aliphatic rings. The Morgan fingerprint density at radius 2 is 1.42 bits per heavy atom. The van der Waals surface area contributed by atoms with Gasteiger partial charge in [0, 0.05) is 5.41 Å². The number of ether oxygens (including phenoxy) is 4. The molecule has 0 amide bonds. The molecule has 0 radical (unpaired) electrons. The minimum Gasteiger partial charge on any atom is -0.432 e. The van der Waals surface area contributed by atoms with Gasteiger partial charge >= 0.3 is 5.97 Å². The van der Waals surface area contributed by atoms with Crippen LogP contribution in [0.2, 0.25) is 0 Å². The molecule has 2 saturated heterocycles. The van der Waals surface area contributed by atoms with Gasteiger partial charge in [-0.3, -0.25) is 4.79 Å². The average molecular weight is 781 g/mol. The fraction of sp³-hybridized carbons (Fsp3) is 0.929. The van der Waals surface area contributed by atoms with E-state index in [0.717, 1.165) is 44.9 Å². The van der Waals surface area contributed by atoms with Crippen LogP contribution in [0, 0.1) is 50.2 Å². The number of carbonyl (C=O) groups excluding carboxylic acids is 1. The van der Waals surface area contributed by atoms with Crippen LogP contribution in [0.4, 0.5) is 0 Å². The molecule has 0 unspecified atom stereocenters. The number of esters is 1. The predicted molar refractivity (Wildman–Crippen MR) is 198 cm³/mol. The molecule has 7 rings (SSSR count). The van der Waals surface area contributed by atoms with Crippen LogP contribution in [0.15, 0.2) is 11.6 Å². The normalized spacial score (nSPS) is 54.9. The van der Waals surface area contributed by atoms with Gasteiger partial charge in [-0.05, 0) is 111 Å². The lowest BCUT2D eigenvalue weighted by molar-refractivity contribution is -0.325. The summed E-state index contributed by atoms with van der Waals surface area (Å²) in [5, 5.41) is 85.2. The van der Waals surface area contributed by atoms with Crippen LogP contribution in [0.3, 0.4) is 0 Å². The van der Waals surface area contributed by atoms with Crippen LogP contribution in [0.1, 0.15) is 113 Å². The number of hydrogen-bond acceptors (Lipinski definition) is 13. The number of fused-ring (bicyclic) bond motifs is 7. The van der Waals surface area contributed by atoms with Gasteiger partial charge in [-0.2, -0.15) is 0 Å². The molecule has 0 bridgehead atoms. The lowest BCUT2D eigenvalue weighted by Crippen LogP contribution is -2.66. The van der Waals surface area contributed by atoms with Gasteiger partial charge in [-0.25, -0.2) is 0 Å². The fourth-order valence-corrected chi connectivity index (χ4v) is 13.3. The van der Waals surface area contributed by atoms with Crippen LogP contribution in [0.25, 0.3) is 0 Å². The predicted octanol–water partition coefficient (Wildman–Crippen LogP) is 2.32. The Morgan fingerprint density at radius 3 is 2.11 bits per heavy atom. The van der Waals surface area contributed by atoms with E-state index in [4.69, 9.17) is 18.9 Å². The third kappa shape index (κ3) is 6.23. The number of aliphatic hydroxyl groups excluding tert-OH is 8. The third-order valence-electron chi connectivity index (χ3n) is 17.3. The average Bonchev–Trinajstić information content (AvgIpc) is 3.14. The molecule has 0 aromatic rings. The summed E-state index contributed by atoms with van der Waals surface area (Å²) in [6, 6.07) is 0. The van der Waals surface area contributed by atoms with Gasteiger partial charge in [0.05, 0.1) is 30.8 Å². The quantitative estimate of drug-likeness (QED) is 0.144. The molecule has 8 N–H and O–H groups in total. The van der Waals surface area contributed by atoms with E-state index in [1.54, 1.807) is 0 Å². The first-order valence-electron chi connectivity index (χ1n) is 20.8. The van der Waals surface area contributed by atoms with Gasteiger partial charge in [0.15, 0.2) is 6.29 Å². The van der Waals surface area contributed by atoms with Gasteiger partial charge in [-0.1, -0.05) is 53.2 Å². The maximum Gasteiger partial charge on any atom is 0.315 e. The van der Waals surface area contributed by atoms with E-state index < -0.39 is 90.9 Å². The summed E-state index contributed by atoms with van der Waals surface area (Å²) in [6.07, 6.45) is -4.94. The molecule has 13 nitrogen and oxygen atoms in total. The third-order valence-corrected chi connectivity index (χ3v) is 17.3. The number of rotatable bonds is 6. The summed E-state index contributed by atoms with van der Waals surface area (Å²) < 4.78 is 23.2. The van der Waals surface area contributed by atoms with Crippen molar-refractivity contribution >= 4 is 5.97 Å². The Kier molecular flexibility index (Phi) is 10.8. The van der Waals surface area contributed by atoms with E-state index in [9.17, 15) is 45.6 Å². The SMILES string of the molecule is C[C@@H]1O[C@H](OC[C@H]2O[C@@H](OC(=O)[C@]34CCC(C)(C)C[C@H]3C3=CC[C@@H]5[C@@]6(C)CC[C@H](O)[C@@](C)(CO)[C@@H]6CC[C@@]5(C)[C@]3(C)CC4)[C@H](O)[C@@H](O)[C@@H]2O)[C@H](O)[C@H](O)[C@H]1O. The highest BCUT2D eigenvalue weighted by Gasteiger charge is 2.70. The zero-order chi connectivity index (χ0) is 40.3. The largest absolute Gasteiger partial charge is 0.432 e. The van der Waals surface area contributed by atoms with Gasteiger partial charge in [0.1, 0.15) is 42.7 Å². The molecule has 0 aromatic carbocycles. The Bertz CT molecular complexity index is 1490. The molecule has 0 aromatic heterocycles. The van der Waals surface area contributed by atoms with Crippen LogP contribution < -0.4 is 0 Å². The molecule has 314 valence electrons. The van der Waals surface area contributed by atoms with Gasteiger partial charge < -0.3 is 59.8 Å². The summed E-state index contributed by atoms with van der Waals surface area (Å²) in [5.41, 5.74) is -0.496. The van der Waals surface area contributed by atoms with Crippen molar-refractivity contribution in [3.05, 3.63) is 11.6 Å². The molecular weight excluding hydrogens is 712 g/mol. The first kappa shape index (κ1) is 41.9. The fourth-order valence-electron chi connectivity index (χ4n) is 13.3. The van der Waals surface area contributed by atoms with Crippen LogP contribution >= 0.6 is 0 Å². The highest BCUT2D eigenvalue weighted by Crippen LogP contribution is 2.76. The topological polar surface area (TPSA) is 216 Å². The minimum absolute atomic E-state index is 0.0339. The molecular formula is C42H68O13. The monoisotopic (exact) mass is 780 g/mol. The Labute approximate surface area is 325 Å².